The number of halogens is 1. The fraction of sp³-hybridized carbons (Fsp3) is 0.333. The molecule has 0 spiro atoms. The lowest BCUT2D eigenvalue weighted by atomic mass is 10.2. The normalized spacial score (nSPS) is 11.5. The SMILES string of the molecule is Cc1cc(F)cc([SH](C)C)c1. The van der Waals surface area contributed by atoms with E-state index < -0.39 is 0 Å². The highest BCUT2D eigenvalue weighted by molar-refractivity contribution is 8.15. The van der Waals surface area contributed by atoms with Crippen LogP contribution < -0.4 is 0 Å². The van der Waals surface area contributed by atoms with Crippen LogP contribution in [0.3, 0.4) is 0 Å². The van der Waals surface area contributed by atoms with Gasteiger partial charge in [0.2, 0.25) is 0 Å². The molecule has 2 heteroatoms. The third-order valence-corrected chi connectivity index (χ3v) is 2.83. The molecule has 1 aromatic carbocycles. The van der Waals surface area contributed by atoms with Crippen molar-refractivity contribution in [1.29, 1.82) is 0 Å². The maximum atomic E-state index is 12.8. The van der Waals surface area contributed by atoms with Crippen molar-refractivity contribution in [3.8, 4) is 0 Å². The van der Waals surface area contributed by atoms with Crippen LogP contribution >= 0.6 is 10.9 Å². The van der Waals surface area contributed by atoms with Gasteiger partial charge in [-0.2, -0.15) is 0 Å². The zero-order chi connectivity index (χ0) is 8.43. The number of rotatable bonds is 1. The van der Waals surface area contributed by atoms with Gasteiger partial charge in [-0.3, -0.25) is 0 Å². The van der Waals surface area contributed by atoms with Crippen molar-refractivity contribution in [2.75, 3.05) is 12.5 Å². The summed E-state index contributed by atoms with van der Waals surface area (Å²) in [5.41, 5.74) is 1.01. The van der Waals surface area contributed by atoms with E-state index in [9.17, 15) is 4.39 Å². The molecule has 0 aliphatic heterocycles. The summed E-state index contributed by atoms with van der Waals surface area (Å²) in [5.74, 6) is -0.115. The Bertz CT molecular complexity index is 235. The molecule has 1 rings (SSSR count). The van der Waals surface area contributed by atoms with Gasteiger partial charge in [-0.15, -0.1) is 0 Å². The van der Waals surface area contributed by atoms with Crippen molar-refractivity contribution < 1.29 is 4.39 Å². The van der Waals surface area contributed by atoms with Gasteiger partial charge in [0.05, 0.1) is 0 Å². The molecule has 1 aromatic rings. The average Bonchev–Trinajstić information content (AvgIpc) is 1.85. The summed E-state index contributed by atoms with van der Waals surface area (Å²) in [4.78, 5) is 1.14. The third kappa shape index (κ3) is 2.22. The summed E-state index contributed by atoms with van der Waals surface area (Å²) in [6.45, 7) is 1.92. The van der Waals surface area contributed by atoms with E-state index in [1.807, 2.05) is 6.92 Å². The minimum absolute atomic E-state index is 0.115. The van der Waals surface area contributed by atoms with Gasteiger partial charge >= 0.3 is 0 Å². The molecule has 0 N–H and O–H groups in total. The number of thiol groups is 1. The smallest absolute Gasteiger partial charge is 0.124 e. The van der Waals surface area contributed by atoms with Crippen LogP contribution in [-0.2, 0) is 0 Å². The molecule has 0 aromatic heterocycles. The van der Waals surface area contributed by atoms with Gasteiger partial charge in [0.1, 0.15) is 5.82 Å². The van der Waals surface area contributed by atoms with Gasteiger partial charge in [-0.05, 0) is 48.1 Å². The Kier molecular flexibility index (Phi) is 2.55. The van der Waals surface area contributed by atoms with E-state index in [2.05, 4.69) is 18.6 Å². The summed E-state index contributed by atoms with van der Waals surface area (Å²) in [6.07, 6.45) is 4.26. The summed E-state index contributed by atoms with van der Waals surface area (Å²) >= 11 is 0. The third-order valence-electron chi connectivity index (χ3n) is 1.54. The topological polar surface area (TPSA) is 0 Å². The molecule has 0 heterocycles. The zero-order valence-corrected chi connectivity index (χ0v) is 7.95. The Balaban J connectivity index is 3.08. The van der Waals surface area contributed by atoms with Crippen LogP contribution in [0.2, 0.25) is 0 Å². The van der Waals surface area contributed by atoms with E-state index in [1.165, 1.54) is 0 Å². The van der Waals surface area contributed by atoms with E-state index >= 15 is 0 Å². The minimum Gasteiger partial charge on any atom is -0.233 e. The van der Waals surface area contributed by atoms with Crippen molar-refractivity contribution >= 4 is 10.9 Å². The average molecular weight is 172 g/mol. The van der Waals surface area contributed by atoms with Crippen LogP contribution in [0.1, 0.15) is 5.56 Å². The second-order valence-electron chi connectivity index (χ2n) is 2.88. The molecule has 0 unspecified atom stereocenters. The first kappa shape index (κ1) is 8.60. The molecule has 0 nitrogen and oxygen atoms in total. The Hall–Kier alpha value is -0.500. The van der Waals surface area contributed by atoms with E-state index in [0.717, 1.165) is 10.5 Å². The van der Waals surface area contributed by atoms with Crippen LogP contribution in [0.25, 0.3) is 0 Å². The zero-order valence-electron chi connectivity index (χ0n) is 7.06. The van der Waals surface area contributed by atoms with Gasteiger partial charge in [0.25, 0.3) is 0 Å². The highest BCUT2D eigenvalue weighted by atomic mass is 32.2. The summed E-state index contributed by atoms with van der Waals surface area (Å²) < 4.78 is 12.8. The lowest BCUT2D eigenvalue weighted by molar-refractivity contribution is 0.623. The molecule has 0 fully saturated rings. The fourth-order valence-corrected chi connectivity index (χ4v) is 1.82. The molecule has 0 saturated heterocycles. The maximum Gasteiger partial charge on any atom is 0.124 e. The van der Waals surface area contributed by atoms with Crippen LogP contribution in [0.4, 0.5) is 4.39 Å². The quantitative estimate of drug-likeness (QED) is 0.619. The van der Waals surface area contributed by atoms with E-state index in [1.54, 1.807) is 12.1 Å². The molecule has 0 saturated carbocycles. The first-order chi connectivity index (χ1) is 5.09. The molecule has 62 valence electrons. The first-order valence-electron chi connectivity index (χ1n) is 3.54. The molecule has 0 amide bonds. The largest absolute Gasteiger partial charge is 0.233 e. The van der Waals surface area contributed by atoms with Crippen molar-refractivity contribution in [2.45, 2.75) is 11.8 Å². The van der Waals surface area contributed by atoms with Gasteiger partial charge < -0.3 is 0 Å². The van der Waals surface area contributed by atoms with E-state index in [0.29, 0.717) is 0 Å². The maximum absolute atomic E-state index is 12.8. The minimum atomic E-state index is -0.168. The molecule has 0 bridgehead atoms. The van der Waals surface area contributed by atoms with Crippen LogP contribution in [-0.4, -0.2) is 12.5 Å². The number of hydrogen-bond donors (Lipinski definition) is 1. The Morgan fingerprint density at radius 2 is 1.82 bits per heavy atom. The molecule has 11 heavy (non-hydrogen) atoms. The summed E-state index contributed by atoms with van der Waals surface area (Å²) in [7, 11) is -0.168. The lowest BCUT2D eigenvalue weighted by Crippen LogP contribution is -1.83. The number of hydrogen-bond acceptors (Lipinski definition) is 0. The van der Waals surface area contributed by atoms with Gasteiger partial charge in [-0.25, -0.2) is 15.3 Å². The second kappa shape index (κ2) is 3.26. The standard InChI is InChI=1S/C9H13FS/c1-7-4-8(10)6-9(5-7)11(2)3/h4-6,11H,1-3H3. The molecule has 0 atom stereocenters. The van der Waals surface area contributed by atoms with Crippen molar-refractivity contribution in [3.63, 3.8) is 0 Å². The molecular formula is C9H13FS. The predicted octanol–water partition coefficient (Wildman–Crippen LogP) is 2.75. The summed E-state index contributed by atoms with van der Waals surface area (Å²) in [5, 5.41) is 0. The Morgan fingerprint density at radius 3 is 2.27 bits per heavy atom. The Labute approximate surface area is 69.8 Å². The number of benzene rings is 1. The monoisotopic (exact) mass is 172 g/mol. The van der Waals surface area contributed by atoms with Crippen molar-refractivity contribution in [2.24, 2.45) is 0 Å². The molecule has 0 radical (unpaired) electrons. The highest BCUT2D eigenvalue weighted by Gasteiger charge is 1.98. The van der Waals surface area contributed by atoms with Gasteiger partial charge in [-0.1, -0.05) is 0 Å². The van der Waals surface area contributed by atoms with Gasteiger partial charge in [0, 0.05) is 0 Å². The van der Waals surface area contributed by atoms with E-state index in [-0.39, 0.29) is 16.7 Å². The Morgan fingerprint density at radius 1 is 1.18 bits per heavy atom. The summed E-state index contributed by atoms with van der Waals surface area (Å²) in [6, 6.07) is 5.23. The molecule has 0 aliphatic rings. The van der Waals surface area contributed by atoms with Crippen molar-refractivity contribution in [3.05, 3.63) is 29.6 Å². The van der Waals surface area contributed by atoms with Crippen LogP contribution in [0.5, 0.6) is 0 Å². The highest BCUT2D eigenvalue weighted by Crippen LogP contribution is 2.29. The van der Waals surface area contributed by atoms with Crippen LogP contribution in [0, 0.1) is 12.7 Å². The van der Waals surface area contributed by atoms with Crippen molar-refractivity contribution in [1.82, 2.24) is 0 Å². The lowest BCUT2D eigenvalue weighted by Gasteiger charge is -2.09. The predicted molar refractivity (Wildman–Crippen MR) is 50.2 cm³/mol. The van der Waals surface area contributed by atoms with Gasteiger partial charge in [0.15, 0.2) is 0 Å². The fourth-order valence-electron chi connectivity index (χ4n) is 0.975. The molecule has 0 aliphatic carbocycles. The number of aryl methyl sites for hydroxylation is 1. The van der Waals surface area contributed by atoms with Crippen LogP contribution in [0.15, 0.2) is 23.1 Å². The van der Waals surface area contributed by atoms with E-state index in [4.69, 9.17) is 0 Å². The first-order valence-corrected chi connectivity index (χ1v) is 5.78. The molecular weight excluding hydrogens is 159 g/mol. The second-order valence-corrected chi connectivity index (χ2v) is 5.19.